The number of H-pyrrole nitrogens is 1. The third-order valence-electron chi connectivity index (χ3n) is 5.05. The van der Waals surface area contributed by atoms with Crippen molar-refractivity contribution in [1.82, 2.24) is 25.0 Å². The lowest BCUT2D eigenvalue weighted by Crippen LogP contribution is -2.13. The molecular weight excluding hydrogens is 300 g/mol. The Bertz CT molecular complexity index is 865. The molecule has 0 saturated heterocycles. The number of hydrogen-bond donors (Lipinski definition) is 1. The molecule has 24 heavy (non-hydrogen) atoms. The molecule has 4 rings (SSSR count). The van der Waals surface area contributed by atoms with Gasteiger partial charge in [-0.05, 0) is 18.4 Å². The minimum atomic E-state index is 0.156. The van der Waals surface area contributed by atoms with Crippen LogP contribution in [0.4, 0.5) is 0 Å². The van der Waals surface area contributed by atoms with Gasteiger partial charge in [0.15, 0.2) is 5.65 Å². The standard InChI is InChI=1S/C18H20N6/c19-7-5-15(9-13-3-1-2-4-13)24-12-14(10-22-24)17-11-21-23-18-16(17)6-8-20-18/h6,8,10-13,15H,1-5,9H2,(H,20,23)/t15-/m0/s1. The predicted octanol–water partition coefficient (Wildman–Crippen LogP) is 3.86. The molecule has 1 saturated carbocycles. The summed E-state index contributed by atoms with van der Waals surface area (Å²) in [5.41, 5.74) is 2.81. The summed E-state index contributed by atoms with van der Waals surface area (Å²) in [6.07, 6.45) is 14.3. The Hall–Kier alpha value is -2.68. The Kier molecular flexibility index (Phi) is 3.99. The quantitative estimate of drug-likeness (QED) is 0.774. The van der Waals surface area contributed by atoms with Crippen molar-refractivity contribution in [3.63, 3.8) is 0 Å². The van der Waals surface area contributed by atoms with E-state index in [1.807, 2.05) is 29.3 Å². The highest BCUT2D eigenvalue weighted by Crippen LogP contribution is 2.34. The summed E-state index contributed by atoms with van der Waals surface area (Å²) < 4.78 is 1.97. The van der Waals surface area contributed by atoms with E-state index in [9.17, 15) is 5.26 Å². The summed E-state index contributed by atoms with van der Waals surface area (Å²) in [6, 6.07) is 4.48. The van der Waals surface area contributed by atoms with Gasteiger partial charge in [-0.1, -0.05) is 25.7 Å². The number of aromatic nitrogens is 5. The van der Waals surface area contributed by atoms with Crippen molar-refractivity contribution >= 4 is 11.0 Å². The smallest absolute Gasteiger partial charge is 0.160 e. The molecule has 1 atom stereocenters. The molecular formula is C18H20N6. The number of nitriles is 1. The average Bonchev–Trinajstić information content (AvgIpc) is 3.34. The lowest BCUT2D eigenvalue weighted by atomic mass is 9.97. The fourth-order valence-corrected chi connectivity index (χ4v) is 3.80. The number of nitrogens with zero attached hydrogens (tertiary/aromatic N) is 5. The molecule has 0 aromatic carbocycles. The van der Waals surface area contributed by atoms with Crippen LogP contribution in [0.5, 0.6) is 0 Å². The second kappa shape index (κ2) is 6.44. The Balaban J connectivity index is 1.62. The summed E-state index contributed by atoms with van der Waals surface area (Å²) in [5, 5.41) is 22.9. The Morgan fingerprint density at radius 1 is 1.33 bits per heavy atom. The summed E-state index contributed by atoms with van der Waals surface area (Å²) in [7, 11) is 0. The van der Waals surface area contributed by atoms with E-state index in [2.05, 4.69) is 26.3 Å². The molecule has 1 fully saturated rings. The largest absolute Gasteiger partial charge is 0.345 e. The second-order valence-electron chi connectivity index (χ2n) is 6.61. The van der Waals surface area contributed by atoms with Crippen LogP contribution in [0.2, 0.25) is 0 Å². The molecule has 6 heteroatoms. The maximum Gasteiger partial charge on any atom is 0.160 e. The van der Waals surface area contributed by atoms with Crippen molar-refractivity contribution in [1.29, 1.82) is 5.26 Å². The first kappa shape index (κ1) is 14.9. The van der Waals surface area contributed by atoms with Crippen LogP contribution < -0.4 is 0 Å². The van der Waals surface area contributed by atoms with E-state index in [1.54, 1.807) is 6.20 Å². The Morgan fingerprint density at radius 2 is 2.21 bits per heavy atom. The van der Waals surface area contributed by atoms with Crippen molar-refractivity contribution in [2.45, 2.75) is 44.6 Å². The van der Waals surface area contributed by atoms with E-state index < -0.39 is 0 Å². The van der Waals surface area contributed by atoms with E-state index in [-0.39, 0.29) is 6.04 Å². The van der Waals surface area contributed by atoms with Gasteiger partial charge in [0.25, 0.3) is 0 Å². The van der Waals surface area contributed by atoms with E-state index >= 15 is 0 Å². The van der Waals surface area contributed by atoms with Gasteiger partial charge in [0.1, 0.15) is 0 Å². The van der Waals surface area contributed by atoms with Gasteiger partial charge in [-0.3, -0.25) is 4.68 Å². The van der Waals surface area contributed by atoms with Crippen LogP contribution in [0.25, 0.3) is 22.2 Å². The molecule has 0 unspecified atom stereocenters. The fraction of sp³-hybridized carbons (Fsp3) is 0.444. The zero-order chi connectivity index (χ0) is 16.4. The summed E-state index contributed by atoms with van der Waals surface area (Å²) in [5.74, 6) is 0.731. The van der Waals surface area contributed by atoms with Crippen LogP contribution >= 0.6 is 0 Å². The highest BCUT2D eigenvalue weighted by atomic mass is 15.3. The van der Waals surface area contributed by atoms with Gasteiger partial charge < -0.3 is 4.98 Å². The van der Waals surface area contributed by atoms with E-state index in [4.69, 9.17) is 0 Å². The molecule has 1 aliphatic carbocycles. The monoisotopic (exact) mass is 320 g/mol. The molecule has 6 nitrogen and oxygen atoms in total. The van der Waals surface area contributed by atoms with E-state index in [0.717, 1.165) is 34.5 Å². The Morgan fingerprint density at radius 3 is 3.04 bits per heavy atom. The summed E-state index contributed by atoms with van der Waals surface area (Å²) in [4.78, 5) is 3.08. The topological polar surface area (TPSA) is 83.2 Å². The van der Waals surface area contributed by atoms with Gasteiger partial charge in [0.05, 0.1) is 30.9 Å². The molecule has 3 heterocycles. The second-order valence-corrected chi connectivity index (χ2v) is 6.61. The maximum absolute atomic E-state index is 9.20. The van der Waals surface area contributed by atoms with Gasteiger partial charge >= 0.3 is 0 Å². The zero-order valence-electron chi connectivity index (χ0n) is 13.5. The molecule has 122 valence electrons. The van der Waals surface area contributed by atoms with Gasteiger partial charge in [0.2, 0.25) is 0 Å². The van der Waals surface area contributed by atoms with Crippen LogP contribution in [0.15, 0.2) is 30.9 Å². The molecule has 0 radical (unpaired) electrons. The van der Waals surface area contributed by atoms with Crippen molar-refractivity contribution in [3.8, 4) is 17.2 Å². The van der Waals surface area contributed by atoms with Crippen molar-refractivity contribution < 1.29 is 0 Å². The fourth-order valence-electron chi connectivity index (χ4n) is 3.80. The number of nitrogens with one attached hydrogen (secondary N) is 1. The lowest BCUT2D eigenvalue weighted by Gasteiger charge is -2.18. The van der Waals surface area contributed by atoms with Crippen LogP contribution in [0.3, 0.4) is 0 Å². The van der Waals surface area contributed by atoms with Gasteiger partial charge in [-0.2, -0.15) is 15.5 Å². The maximum atomic E-state index is 9.20. The number of hydrogen-bond acceptors (Lipinski definition) is 4. The first-order chi connectivity index (χ1) is 11.8. The predicted molar refractivity (Wildman–Crippen MR) is 91.0 cm³/mol. The zero-order valence-corrected chi connectivity index (χ0v) is 13.5. The molecule has 0 bridgehead atoms. The normalized spacial score (nSPS) is 16.5. The van der Waals surface area contributed by atoms with Crippen LogP contribution in [0.1, 0.15) is 44.6 Å². The average molecular weight is 320 g/mol. The number of aromatic amines is 1. The van der Waals surface area contributed by atoms with Gasteiger partial charge in [-0.15, -0.1) is 5.10 Å². The molecule has 0 amide bonds. The lowest BCUT2D eigenvalue weighted by molar-refractivity contribution is 0.350. The minimum absolute atomic E-state index is 0.156. The molecule has 1 N–H and O–H groups in total. The molecule has 3 aromatic heterocycles. The summed E-state index contributed by atoms with van der Waals surface area (Å²) >= 11 is 0. The Labute approximate surface area is 140 Å². The molecule has 0 spiro atoms. The van der Waals surface area contributed by atoms with E-state index in [1.165, 1.54) is 25.7 Å². The van der Waals surface area contributed by atoms with Crippen molar-refractivity contribution in [3.05, 3.63) is 30.9 Å². The van der Waals surface area contributed by atoms with Crippen molar-refractivity contribution in [2.24, 2.45) is 5.92 Å². The number of fused-ring (bicyclic) bond motifs is 1. The highest BCUT2D eigenvalue weighted by Gasteiger charge is 2.22. The molecule has 3 aromatic rings. The summed E-state index contributed by atoms with van der Waals surface area (Å²) in [6.45, 7) is 0. The first-order valence-electron chi connectivity index (χ1n) is 8.55. The molecule has 0 aliphatic heterocycles. The highest BCUT2D eigenvalue weighted by molar-refractivity contribution is 5.91. The number of rotatable bonds is 5. The molecule has 1 aliphatic rings. The van der Waals surface area contributed by atoms with E-state index in [0.29, 0.717) is 6.42 Å². The third-order valence-corrected chi connectivity index (χ3v) is 5.05. The van der Waals surface area contributed by atoms with Crippen LogP contribution in [-0.2, 0) is 0 Å². The van der Waals surface area contributed by atoms with Gasteiger partial charge in [-0.25, -0.2) is 0 Å². The van der Waals surface area contributed by atoms with Crippen LogP contribution in [-0.4, -0.2) is 25.0 Å². The van der Waals surface area contributed by atoms with Crippen molar-refractivity contribution in [2.75, 3.05) is 0 Å². The van der Waals surface area contributed by atoms with Crippen LogP contribution in [0, 0.1) is 17.2 Å². The first-order valence-corrected chi connectivity index (χ1v) is 8.55. The SMILES string of the molecule is N#CC[C@@H](CC1CCCC1)n1cc(-c2cnnc3[nH]ccc23)cn1. The van der Waals surface area contributed by atoms with Gasteiger partial charge in [0, 0.05) is 28.9 Å². The minimum Gasteiger partial charge on any atom is -0.345 e. The third kappa shape index (κ3) is 2.78.